The average Bonchev–Trinajstić information content (AvgIpc) is 2.84. The van der Waals surface area contributed by atoms with Gasteiger partial charge < -0.3 is 14.8 Å². The molecule has 33 heavy (non-hydrogen) atoms. The number of benzene rings is 2. The van der Waals surface area contributed by atoms with Crippen LogP contribution in [0.4, 0.5) is 5.82 Å². The first kappa shape index (κ1) is 24.5. The molecular weight excluding hydrogens is 444 g/mol. The maximum atomic E-state index is 11.0. The predicted molar refractivity (Wildman–Crippen MR) is 128 cm³/mol. The van der Waals surface area contributed by atoms with Gasteiger partial charge in [0.1, 0.15) is 12.1 Å². The summed E-state index contributed by atoms with van der Waals surface area (Å²) in [5.74, 6) is 1.64. The highest BCUT2D eigenvalue weighted by Gasteiger charge is 2.12. The van der Waals surface area contributed by atoms with Gasteiger partial charge in [-0.3, -0.25) is 10.0 Å². The van der Waals surface area contributed by atoms with Crippen LogP contribution in [0.3, 0.4) is 0 Å². The minimum Gasteiger partial charge on any atom is -0.493 e. The summed E-state index contributed by atoms with van der Waals surface area (Å²) < 4.78 is 11.5. The molecule has 0 aliphatic heterocycles. The number of hydrogen-bond acceptors (Lipinski definition) is 7. The van der Waals surface area contributed by atoms with Gasteiger partial charge in [-0.15, -0.1) is 0 Å². The van der Waals surface area contributed by atoms with Gasteiger partial charge in [-0.05, 0) is 43.0 Å². The summed E-state index contributed by atoms with van der Waals surface area (Å²) in [5, 5.41) is 13.5. The van der Waals surface area contributed by atoms with Crippen molar-refractivity contribution in [3.8, 4) is 11.5 Å². The SMILES string of the molecule is COc1cc2ncnc(NCCc3ccc(Cl)cc3)c2cc1OCCCCCCC(=O)NO. The van der Waals surface area contributed by atoms with E-state index in [1.54, 1.807) is 12.6 Å². The van der Waals surface area contributed by atoms with E-state index in [-0.39, 0.29) is 5.91 Å². The minimum atomic E-state index is -0.355. The molecule has 0 spiro atoms. The molecule has 0 atom stereocenters. The van der Waals surface area contributed by atoms with Crippen LogP contribution < -0.4 is 20.3 Å². The number of nitrogens with zero attached hydrogens (tertiary/aromatic N) is 2. The van der Waals surface area contributed by atoms with Crippen LogP contribution in [0.15, 0.2) is 42.7 Å². The van der Waals surface area contributed by atoms with Gasteiger partial charge in [-0.25, -0.2) is 15.4 Å². The number of hydrogen-bond donors (Lipinski definition) is 3. The number of nitrogens with one attached hydrogen (secondary N) is 2. The van der Waals surface area contributed by atoms with Crippen LogP contribution in [-0.4, -0.2) is 41.3 Å². The topological polar surface area (TPSA) is 106 Å². The number of methoxy groups -OCH3 is 1. The van der Waals surface area contributed by atoms with E-state index < -0.39 is 0 Å². The Kier molecular flexibility index (Phi) is 9.53. The highest BCUT2D eigenvalue weighted by atomic mass is 35.5. The lowest BCUT2D eigenvalue weighted by Crippen LogP contribution is -2.17. The second-order valence-corrected chi connectivity index (χ2v) is 8.03. The third-order valence-electron chi connectivity index (χ3n) is 5.22. The molecule has 1 aromatic heterocycles. The first-order valence-electron chi connectivity index (χ1n) is 11.0. The Labute approximate surface area is 198 Å². The molecule has 0 aliphatic rings. The number of amides is 1. The normalized spacial score (nSPS) is 10.8. The smallest absolute Gasteiger partial charge is 0.243 e. The summed E-state index contributed by atoms with van der Waals surface area (Å²) in [7, 11) is 1.60. The van der Waals surface area contributed by atoms with Crippen molar-refractivity contribution in [2.75, 3.05) is 25.6 Å². The molecule has 0 saturated heterocycles. The van der Waals surface area contributed by atoms with Crippen LogP contribution in [0.1, 0.15) is 37.7 Å². The molecule has 0 radical (unpaired) electrons. The molecule has 0 bridgehead atoms. The molecule has 0 aliphatic carbocycles. The number of hydroxylamine groups is 1. The van der Waals surface area contributed by atoms with Crippen LogP contribution in [0, 0.1) is 0 Å². The van der Waals surface area contributed by atoms with Gasteiger partial charge in [0, 0.05) is 29.4 Å². The molecule has 9 heteroatoms. The second-order valence-electron chi connectivity index (χ2n) is 7.59. The lowest BCUT2D eigenvalue weighted by molar-refractivity contribution is -0.129. The van der Waals surface area contributed by atoms with Gasteiger partial charge in [-0.2, -0.15) is 0 Å². The Balaban J connectivity index is 1.58. The summed E-state index contributed by atoms with van der Waals surface area (Å²) in [5.41, 5.74) is 3.60. The van der Waals surface area contributed by atoms with Gasteiger partial charge in [0.25, 0.3) is 0 Å². The molecular formula is C24H29ClN4O4. The number of carbonyl (C=O) groups excluding carboxylic acids is 1. The number of anilines is 1. The van der Waals surface area contributed by atoms with E-state index >= 15 is 0 Å². The number of halogens is 1. The van der Waals surface area contributed by atoms with E-state index in [1.807, 2.05) is 36.4 Å². The van der Waals surface area contributed by atoms with Crippen molar-refractivity contribution in [1.29, 1.82) is 0 Å². The van der Waals surface area contributed by atoms with Crippen molar-refractivity contribution in [3.05, 3.63) is 53.3 Å². The van der Waals surface area contributed by atoms with Crippen molar-refractivity contribution >= 4 is 34.2 Å². The Hall–Kier alpha value is -3.10. The van der Waals surface area contributed by atoms with E-state index in [4.69, 9.17) is 26.3 Å². The Bertz CT molecular complexity index is 1050. The first-order chi connectivity index (χ1) is 16.1. The molecule has 0 fully saturated rings. The van der Waals surface area contributed by atoms with Crippen molar-refractivity contribution < 1.29 is 19.5 Å². The van der Waals surface area contributed by atoms with Gasteiger partial charge in [0.05, 0.1) is 19.2 Å². The zero-order valence-electron chi connectivity index (χ0n) is 18.6. The van der Waals surface area contributed by atoms with E-state index in [1.165, 1.54) is 11.9 Å². The lowest BCUT2D eigenvalue weighted by Gasteiger charge is -2.14. The largest absolute Gasteiger partial charge is 0.493 e. The van der Waals surface area contributed by atoms with Crippen molar-refractivity contribution in [2.24, 2.45) is 0 Å². The number of carbonyl (C=O) groups is 1. The molecule has 2 aromatic carbocycles. The summed E-state index contributed by atoms with van der Waals surface area (Å²) in [6.45, 7) is 1.24. The average molecular weight is 473 g/mol. The van der Waals surface area contributed by atoms with Crippen LogP contribution in [0.25, 0.3) is 10.9 Å². The minimum absolute atomic E-state index is 0.323. The Morgan fingerprint density at radius 3 is 2.61 bits per heavy atom. The molecule has 1 amide bonds. The Morgan fingerprint density at radius 1 is 1.06 bits per heavy atom. The first-order valence-corrected chi connectivity index (χ1v) is 11.4. The van der Waals surface area contributed by atoms with E-state index in [9.17, 15) is 4.79 Å². The fraction of sp³-hybridized carbons (Fsp3) is 0.375. The number of rotatable bonds is 13. The third kappa shape index (κ3) is 7.47. The van der Waals surface area contributed by atoms with E-state index in [0.717, 1.165) is 53.8 Å². The fourth-order valence-electron chi connectivity index (χ4n) is 3.43. The number of ether oxygens (including phenoxy) is 2. The molecule has 3 rings (SSSR count). The predicted octanol–water partition coefficient (Wildman–Crippen LogP) is 4.78. The monoisotopic (exact) mass is 472 g/mol. The van der Waals surface area contributed by atoms with Crippen molar-refractivity contribution in [1.82, 2.24) is 15.4 Å². The van der Waals surface area contributed by atoms with Crippen molar-refractivity contribution in [2.45, 2.75) is 38.5 Å². The number of aromatic nitrogens is 2. The second kappa shape index (κ2) is 12.8. The molecule has 1 heterocycles. The Morgan fingerprint density at radius 2 is 1.85 bits per heavy atom. The van der Waals surface area contributed by atoms with E-state index in [2.05, 4.69) is 15.3 Å². The summed E-state index contributed by atoms with van der Waals surface area (Å²) in [4.78, 5) is 19.8. The van der Waals surface area contributed by atoms with Gasteiger partial charge in [0.15, 0.2) is 11.5 Å². The van der Waals surface area contributed by atoms with Crippen molar-refractivity contribution in [3.63, 3.8) is 0 Å². The third-order valence-corrected chi connectivity index (χ3v) is 5.47. The molecule has 176 valence electrons. The maximum Gasteiger partial charge on any atom is 0.243 e. The summed E-state index contributed by atoms with van der Waals surface area (Å²) in [6.07, 6.45) is 6.08. The van der Waals surface area contributed by atoms with Gasteiger partial charge in [-0.1, -0.05) is 36.6 Å². The quantitative estimate of drug-likeness (QED) is 0.187. The van der Waals surface area contributed by atoms with Crippen LogP contribution in [-0.2, 0) is 11.2 Å². The summed E-state index contributed by atoms with van der Waals surface area (Å²) >= 11 is 5.95. The molecule has 0 unspecified atom stereocenters. The van der Waals surface area contributed by atoms with Crippen LogP contribution >= 0.6 is 11.6 Å². The summed E-state index contributed by atoms with van der Waals surface area (Å²) in [6, 6.07) is 11.6. The number of fused-ring (bicyclic) bond motifs is 1. The zero-order valence-corrected chi connectivity index (χ0v) is 19.4. The fourth-order valence-corrected chi connectivity index (χ4v) is 3.56. The highest BCUT2D eigenvalue weighted by molar-refractivity contribution is 6.30. The maximum absolute atomic E-state index is 11.0. The van der Waals surface area contributed by atoms with Crippen LogP contribution in [0.5, 0.6) is 11.5 Å². The number of unbranched alkanes of at least 4 members (excludes halogenated alkanes) is 3. The zero-order chi connectivity index (χ0) is 23.5. The van der Waals surface area contributed by atoms with Gasteiger partial charge >= 0.3 is 0 Å². The molecule has 3 N–H and O–H groups in total. The molecule has 8 nitrogen and oxygen atoms in total. The standard InChI is InChI=1S/C24H29ClN4O4/c1-32-21-15-20-19(14-22(21)33-13-5-3-2-4-6-23(30)29-31)24(28-16-27-20)26-12-11-17-7-9-18(25)10-8-17/h7-10,14-16,31H,2-6,11-13H2,1H3,(H,29,30)(H,26,27,28). The molecule has 3 aromatic rings. The lowest BCUT2D eigenvalue weighted by atomic mass is 10.1. The van der Waals surface area contributed by atoms with Crippen LogP contribution in [0.2, 0.25) is 5.02 Å². The molecule has 0 saturated carbocycles. The highest BCUT2D eigenvalue weighted by Crippen LogP contribution is 2.34. The van der Waals surface area contributed by atoms with E-state index in [0.29, 0.717) is 31.1 Å². The van der Waals surface area contributed by atoms with Gasteiger partial charge in [0.2, 0.25) is 5.91 Å².